The van der Waals surface area contributed by atoms with E-state index < -0.39 is 0 Å². The lowest BCUT2D eigenvalue weighted by molar-refractivity contribution is -0.145. The van der Waals surface area contributed by atoms with Crippen LogP contribution in [0.25, 0.3) is 0 Å². The Morgan fingerprint density at radius 3 is 2.80 bits per heavy atom. The first-order valence-electron chi connectivity index (χ1n) is 7.95. The van der Waals surface area contributed by atoms with Crippen molar-refractivity contribution in [2.45, 2.75) is 69.4 Å². The topological polar surface area (TPSA) is 50.8 Å². The fraction of sp³-hybridized carbons (Fsp3) is 0.933. The van der Waals surface area contributed by atoms with Crippen LogP contribution >= 0.6 is 0 Å². The summed E-state index contributed by atoms with van der Waals surface area (Å²) in [6.45, 7) is 3.77. The van der Waals surface area contributed by atoms with E-state index in [-0.39, 0.29) is 30.2 Å². The molecule has 0 radical (unpaired) electrons. The van der Waals surface area contributed by atoms with Crippen LogP contribution in [0.5, 0.6) is 0 Å². The van der Waals surface area contributed by atoms with Crippen molar-refractivity contribution in [3.8, 4) is 0 Å². The maximum atomic E-state index is 12.5. The summed E-state index contributed by atoms with van der Waals surface area (Å²) in [6.07, 6.45) is 5.69. The quantitative estimate of drug-likeness (QED) is 0.787. The number of carbonyl (C=O) groups excluding carboxylic acids is 1. The van der Waals surface area contributed by atoms with Crippen LogP contribution in [0.1, 0.15) is 39.0 Å². The Bertz CT molecular complexity index is 359. The maximum absolute atomic E-state index is 12.5. The Morgan fingerprint density at radius 1 is 1.35 bits per heavy atom. The van der Waals surface area contributed by atoms with E-state index in [2.05, 4.69) is 10.2 Å². The minimum atomic E-state index is 0.00896. The number of rotatable bonds is 6. The van der Waals surface area contributed by atoms with Gasteiger partial charge in [-0.05, 0) is 45.6 Å². The summed E-state index contributed by atoms with van der Waals surface area (Å²) < 4.78 is 11.1. The molecule has 5 nitrogen and oxygen atoms in total. The number of hydrogen-bond acceptors (Lipinski definition) is 4. The largest absolute Gasteiger partial charge is 0.377 e. The van der Waals surface area contributed by atoms with Crippen molar-refractivity contribution in [3.63, 3.8) is 0 Å². The van der Waals surface area contributed by atoms with Gasteiger partial charge in [-0.1, -0.05) is 0 Å². The van der Waals surface area contributed by atoms with Crippen LogP contribution in [0.2, 0.25) is 0 Å². The van der Waals surface area contributed by atoms with E-state index in [4.69, 9.17) is 9.47 Å². The number of likely N-dealkylation sites (tertiary alicyclic amines) is 1. The summed E-state index contributed by atoms with van der Waals surface area (Å²) in [5.74, 6) is 0.191. The molecule has 0 unspecified atom stereocenters. The highest BCUT2D eigenvalue weighted by atomic mass is 16.5. The Labute approximate surface area is 121 Å². The van der Waals surface area contributed by atoms with Crippen molar-refractivity contribution in [1.82, 2.24) is 10.2 Å². The number of methoxy groups -OCH3 is 1. The van der Waals surface area contributed by atoms with E-state index in [0.717, 1.165) is 25.8 Å². The van der Waals surface area contributed by atoms with E-state index in [1.165, 1.54) is 12.8 Å². The van der Waals surface area contributed by atoms with Gasteiger partial charge in [0.05, 0.1) is 18.2 Å². The van der Waals surface area contributed by atoms with E-state index >= 15 is 0 Å². The van der Waals surface area contributed by atoms with Crippen molar-refractivity contribution >= 4 is 5.91 Å². The Morgan fingerprint density at radius 2 is 2.15 bits per heavy atom. The zero-order valence-electron chi connectivity index (χ0n) is 12.5. The first-order valence-corrected chi connectivity index (χ1v) is 7.95. The van der Waals surface area contributed by atoms with Crippen molar-refractivity contribution in [3.05, 3.63) is 0 Å². The van der Waals surface area contributed by atoms with Gasteiger partial charge in [-0.15, -0.1) is 0 Å². The fourth-order valence-corrected chi connectivity index (χ4v) is 3.61. The molecule has 1 amide bonds. The van der Waals surface area contributed by atoms with Crippen LogP contribution < -0.4 is 5.32 Å². The van der Waals surface area contributed by atoms with Gasteiger partial charge >= 0.3 is 0 Å². The van der Waals surface area contributed by atoms with Gasteiger partial charge in [-0.3, -0.25) is 9.69 Å². The summed E-state index contributed by atoms with van der Waals surface area (Å²) in [7, 11) is 1.70. The number of ether oxygens (including phenoxy) is 2. The summed E-state index contributed by atoms with van der Waals surface area (Å²) in [6, 6.07) is 0.876. The highest BCUT2D eigenvalue weighted by Gasteiger charge is 2.45. The van der Waals surface area contributed by atoms with Crippen LogP contribution in [0, 0.1) is 0 Å². The molecule has 0 aromatic heterocycles. The lowest BCUT2D eigenvalue weighted by Crippen LogP contribution is -2.62. The maximum Gasteiger partial charge on any atom is 0.237 e. The average Bonchev–Trinajstić information content (AvgIpc) is 3.15. The molecule has 3 aliphatic rings. The lowest BCUT2D eigenvalue weighted by Gasteiger charge is -2.43. The van der Waals surface area contributed by atoms with Gasteiger partial charge in [0.2, 0.25) is 5.91 Å². The molecule has 1 saturated heterocycles. The summed E-state index contributed by atoms with van der Waals surface area (Å²) in [5.41, 5.74) is 0. The summed E-state index contributed by atoms with van der Waals surface area (Å²) >= 11 is 0. The van der Waals surface area contributed by atoms with Crippen molar-refractivity contribution in [2.24, 2.45) is 0 Å². The van der Waals surface area contributed by atoms with Crippen molar-refractivity contribution in [2.75, 3.05) is 20.3 Å². The molecule has 0 spiro atoms. The molecule has 1 aliphatic heterocycles. The monoisotopic (exact) mass is 282 g/mol. The van der Waals surface area contributed by atoms with E-state index in [9.17, 15) is 4.79 Å². The smallest absolute Gasteiger partial charge is 0.237 e. The normalized spacial score (nSPS) is 37.7. The highest BCUT2D eigenvalue weighted by Crippen LogP contribution is 2.34. The molecule has 2 aliphatic carbocycles. The molecule has 0 aromatic carbocycles. The molecular weight excluding hydrogens is 256 g/mol. The number of hydrogen-bond donors (Lipinski definition) is 1. The Hall–Kier alpha value is -0.650. The van der Waals surface area contributed by atoms with E-state index in [0.29, 0.717) is 12.6 Å². The molecule has 2 saturated carbocycles. The molecule has 4 atom stereocenters. The molecule has 114 valence electrons. The summed E-state index contributed by atoms with van der Waals surface area (Å²) in [4.78, 5) is 14.9. The second-order valence-corrected chi connectivity index (χ2v) is 6.17. The second-order valence-electron chi connectivity index (χ2n) is 6.17. The molecular formula is C15H26N2O3. The molecule has 5 heteroatoms. The number of nitrogens with zero attached hydrogens (tertiary/aromatic N) is 1. The van der Waals surface area contributed by atoms with Crippen LogP contribution in [-0.4, -0.2) is 61.4 Å². The minimum absolute atomic E-state index is 0.00896. The molecule has 0 aromatic rings. The van der Waals surface area contributed by atoms with Gasteiger partial charge < -0.3 is 14.8 Å². The average molecular weight is 282 g/mol. The molecule has 3 rings (SSSR count). The fourth-order valence-electron chi connectivity index (χ4n) is 3.61. The zero-order chi connectivity index (χ0) is 14.1. The molecule has 20 heavy (non-hydrogen) atoms. The van der Waals surface area contributed by atoms with Gasteiger partial charge in [0.1, 0.15) is 6.10 Å². The first kappa shape index (κ1) is 14.3. The lowest BCUT2D eigenvalue weighted by atomic mass is 9.85. The summed E-state index contributed by atoms with van der Waals surface area (Å²) in [5, 5.41) is 3.17. The van der Waals surface area contributed by atoms with Crippen LogP contribution in [-0.2, 0) is 14.3 Å². The van der Waals surface area contributed by atoms with Gasteiger partial charge in [-0.2, -0.15) is 0 Å². The minimum Gasteiger partial charge on any atom is -0.377 e. The predicted molar refractivity (Wildman–Crippen MR) is 75.5 cm³/mol. The van der Waals surface area contributed by atoms with Crippen LogP contribution in [0.15, 0.2) is 0 Å². The molecule has 1 heterocycles. The molecule has 1 N–H and O–H groups in total. The van der Waals surface area contributed by atoms with Crippen LogP contribution in [0.4, 0.5) is 0 Å². The Balaban J connectivity index is 1.51. The third kappa shape index (κ3) is 2.71. The number of amides is 1. The van der Waals surface area contributed by atoms with Gasteiger partial charge in [0.15, 0.2) is 0 Å². The van der Waals surface area contributed by atoms with Crippen molar-refractivity contribution in [1.29, 1.82) is 0 Å². The van der Waals surface area contributed by atoms with Crippen molar-refractivity contribution < 1.29 is 14.3 Å². The Kier molecular flexibility index (Phi) is 4.29. The SMILES string of the molecule is CCO[C@@H]1C[C@H](NC(=O)[C@H]2CCCN2C2CC2)[C@H]1OC. The molecule has 3 fully saturated rings. The molecule has 0 bridgehead atoms. The van der Waals surface area contributed by atoms with E-state index in [1.807, 2.05) is 6.92 Å². The number of nitrogens with one attached hydrogen (secondary N) is 1. The van der Waals surface area contributed by atoms with E-state index in [1.54, 1.807) is 7.11 Å². The van der Waals surface area contributed by atoms with Gasteiger partial charge in [-0.25, -0.2) is 0 Å². The van der Waals surface area contributed by atoms with Gasteiger partial charge in [0.25, 0.3) is 0 Å². The number of carbonyl (C=O) groups is 1. The second kappa shape index (κ2) is 6.00. The standard InChI is InChI=1S/C15H26N2O3/c1-3-20-13-9-11(14(13)19-2)16-15(18)12-5-4-8-17(12)10-6-7-10/h10-14H,3-9H2,1-2H3,(H,16,18)/t11-,12+,13+,14+/m0/s1. The third-order valence-corrected chi connectivity index (χ3v) is 4.84. The highest BCUT2D eigenvalue weighted by molar-refractivity contribution is 5.82. The first-order chi connectivity index (χ1) is 9.74. The van der Waals surface area contributed by atoms with Gasteiger partial charge in [0, 0.05) is 19.8 Å². The van der Waals surface area contributed by atoms with Crippen LogP contribution in [0.3, 0.4) is 0 Å². The zero-order valence-corrected chi connectivity index (χ0v) is 12.5. The predicted octanol–water partition coefficient (Wildman–Crippen LogP) is 0.922. The third-order valence-electron chi connectivity index (χ3n) is 4.84.